The summed E-state index contributed by atoms with van der Waals surface area (Å²) in [5, 5.41) is 11.1. The van der Waals surface area contributed by atoms with Gasteiger partial charge in [0.2, 0.25) is 0 Å². The summed E-state index contributed by atoms with van der Waals surface area (Å²) < 4.78 is 110. The van der Waals surface area contributed by atoms with Gasteiger partial charge in [0.15, 0.2) is 0 Å². The lowest BCUT2D eigenvalue weighted by atomic mass is 10.0. The molecule has 0 spiro atoms. The van der Waals surface area contributed by atoms with Crippen molar-refractivity contribution in [3.8, 4) is 11.4 Å². The fourth-order valence-electron chi connectivity index (χ4n) is 4.01. The van der Waals surface area contributed by atoms with E-state index in [1.54, 1.807) is 0 Å². The maximum Gasteiger partial charge on any atom is 0.416 e. The first-order valence-electron chi connectivity index (χ1n) is 11.4. The molecule has 40 heavy (non-hydrogen) atoms. The van der Waals surface area contributed by atoms with Gasteiger partial charge in [0.25, 0.3) is 5.91 Å². The summed E-state index contributed by atoms with van der Waals surface area (Å²) in [6.07, 6.45) is -10.5. The zero-order chi connectivity index (χ0) is 29.4. The number of carbonyl (C=O) groups excluding carboxylic acids is 1. The Morgan fingerprint density at radius 2 is 1.45 bits per heavy atom. The highest BCUT2D eigenvalue weighted by Crippen LogP contribution is 2.37. The lowest BCUT2D eigenvalue weighted by Crippen LogP contribution is -2.25. The van der Waals surface area contributed by atoms with Gasteiger partial charge in [-0.05, 0) is 54.1 Å². The van der Waals surface area contributed by atoms with Crippen molar-refractivity contribution in [3.63, 3.8) is 0 Å². The largest absolute Gasteiger partial charge is 0.481 e. The fraction of sp³-hybridized carbons (Fsp3) is 0.192. The van der Waals surface area contributed by atoms with Gasteiger partial charge in [-0.25, -0.2) is 13.8 Å². The molecule has 3 aromatic carbocycles. The molecule has 0 saturated heterocycles. The highest BCUT2D eigenvalue weighted by atomic mass is 19.4. The van der Waals surface area contributed by atoms with E-state index in [0.717, 1.165) is 12.1 Å². The molecule has 4 aromatic rings. The third-order valence-corrected chi connectivity index (χ3v) is 5.74. The third-order valence-electron chi connectivity index (χ3n) is 5.74. The number of nitrogens with zero attached hydrogens (tertiary/aromatic N) is 2. The van der Waals surface area contributed by atoms with Crippen LogP contribution >= 0.6 is 0 Å². The molecule has 0 fully saturated rings. The molecule has 0 aliphatic carbocycles. The van der Waals surface area contributed by atoms with E-state index in [4.69, 9.17) is 5.11 Å². The zero-order valence-electron chi connectivity index (χ0n) is 20.0. The number of aliphatic carboxylic acids is 1. The molecule has 0 aliphatic rings. The molecule has 0 radical (unpaired) electrons. The van der Waals surface area contributed by atoms with Gasteiger partial charge >= 0.3 is 18.3 Å². The number of nitrogens with one attached hydrogen (secondary N) is 1. The molecule has 1 amide bonds. The van der Waals surface area contributed by atoms with Gasteiger partial charge in [-0.15, -0.1) is 0 Å². The van der Waals surface area contributed by atoms with Crippen molar-refractivity contribution in [1.29, 1.82) is 0 Å². The lowest BCUT2D eigenvalue weighted by molar-refractivity contribution is -0.143. The van der Waals surface area contributed by atoms with Crippen LogP contribution in [0.2, 0.25) is 0 Å². The number of benzene rings is 3. The minimum atomic E-state index is -5.09. The van der Waals surface area contributed by atoms with Gasteiger partial charge in [0.1, 0.15) is 17.5 Å². The van der Waals surface area contributed by atoms with Gasteiger partial charge in [-0.3, -0.25) is 9.59 Å². The summed E-state index contributed by atoms with van der Waals surface area (Å²) in [5.41, 5.74) is -3.49. The van der Waals surface area contributed by atoms with E-state index in [0.29, 0.717) is 18.2 Å². The molecule has 1 aromatic heterocycles. The molecule has 0 atom stereocenters. The molecule has 4 rings (SSSR count). The van der Waals surface area contributed by atoms with E-state index in [9.17, 15) is 44.7 Å². The number of amides is 1. The maximum atomic E-state index is 14.0. The molecule has 0 saturated carbocycles. The van der Waals surface area contributed by atoms with Crippen molar-refractivity contribution in [2.45, 2.75) is 25.3 Å². The van der Waals surface area contributed by atoms with Crippen molar-refractivity contribution in [2.75, 3.05) is 6.54 Å². The average Bonchev–Trinajstić information content (AvgIpc) is 3.19. The van der Waals surface area contributed by atoms with Gasteiger partial charge in [-0.1, -0.05) is 0 Å². The second-order valence-corrected chi connectivity index (χ2v) is 8.70. The summed E-state index contributed by atoms with van der Waals surface area (Å²) in [6, 6.07) is 7.20. The van der Waals surface area contributed by atoms with E-state index in [1.807, 2.05) is 0 Å². The van der Waals surface area contributed by atoms with Crippen molar-refractivity contribution < 1.29 is 49.8 Å². The number of carboxylic acid groups (broad SMARTS) is 1. The number of carboxylic acids is 1. The van der Waals surface area contributed by atoms with Crippen molar-refractivity contribution in [2.24, 2.45) is 0 Å². The summed E-state index contributed by atoms with van der Waals surface area (Å²) in [4.78, 5) is 27.4. The number of carbonyl (C=O) groups is 2. The molecule has 210 valence electrons. The van der Waals surface area contributed by atoms with Crippen LogP contribution in [0.5, 0.6) is 0 Å². The molecular formula is C26H17F8N3O3. The summed E-state index contributed by atoms with van der Waals surface area (Å²) >= 11 is 0. The number of alkyl halides is 6. The van der Waals surface area contributed by atoms with Crippen molar-refractivity contribution in [1.82, 2.24) is 14.9 Å². The quantitative estimate of drug-likeness (QED) is 0.256. The normalized spacial score (nSPS) is 12.1. The van der Waals surface area contributed by atoms with E-state index >= 15 is 0 Å². The van der Waals surface area contributed by atoms with Gasteiger partial charge in [0.05, 0.1) is 28.6 Å². The van der Waals surface area contributed by atoms with E-state index in [-0.39, 0.29) is 47.0 Å². The highest BCUT2D eigenvalue weighted by molar-refractivity contribution is 5.98. The molecule has 2 N–H and O–H groups in total. The van der Waals surface area contributed by atoms with Gasteiger partial charge in [-0.2, -0.15) is 26.3 Å². The summed E-state index contributed by atoms with van der Waals surface area (Å²) in [7, 11) is 0. The minimum absolute atomic E-state index is 0.0120. The lowest BCUT2D eigenvalue weighted by Gasteiger charge is -2.16. The molecule has 0 aliphatic heterocycles. The van der Waals surface area contributed by atoms with Gasteiger partial charge in [0, 0.05) is 30.3 Å². The minimum Gasteiger partial charge on any atom is -0.481 e. The monoisotopic (exact) mass is 571 g/mol. The molecule has 0 unspecified atom stereocenters. The molecule has 0 bridgehead atoms. The van der Waals surface area contributed by atoms with Crippen LogP contribution in [0.1, 0.15) is 33.5 Å². The topological polar surface area (TPSA) is 84.2 Å². The van der Waals surface area contributed by atoms with Gasteiger partial charge < -0.3 is 15.0 Å². The zero-order valence-corrected chi connectivity index (χ0v) is 20.0. The Morgan fingerprint density at radius 3 is 2.00 bits per heavy atom. The molecular weight excluding hydrogens is 554 g/mol. The SMILES string of the molecule is O=C(O)CCNC(=O)c1ccc2c(c1)nc(-c1cc(F)cc(F)c1)n2Cc1cc(C(F)(F)F)cc(C(F)(F)F)c1. The van der Waals surface area contributed by atoms with Crippen molar-refractivity contribution >= 4 is 22.9 Å². The number of fused-ring (bicyclic) bond motifs is 1. The number of halogens is 8. The predicted molar refractivity (Wildman–Crippen MR) is 125 cm³/mol. The average molecular weight is 571 g/mol. The Kier molecular flexibility index (Phi) is 7.55. The summed E-state index contributed by atoms with van der Waals surface area (Å²) in [5.74, 6) is -4.03. The van der Waals surface area contributed by atoms with Crippen molar-refractivity contribution in [3.05, 3.63) is 88.5 Å². The fourth-order valence-corrected chi connectivity index (χ4v) is 4.01. The van der Waals surface area contributed by atoms with Crippen LogP contribution < -0.4 is 5.32 Å². The number of imidazole rings is 1. The number of aromatic nitrogens is 2. The standard InChI is InChI=1S/C26H17F8N3O3/c27-18-7-15(8-19(28)11-18)23-36-20-9-14(24(40)35-4-3-22(38)39)1-2-21(20)37(23)12-13-5-16(25(29,30)31)10-17(6-13)26(32,33)34/h1-2,5-11H,3-4,12H2,(H,35,40)(H,38,39). The van der Waals surface area contributed by atoms with Crippen LogP contribution in [-0.4, -0.2) is 33.1 Å². The third kappa shape index (κ3) is 6.38. The van der Waals surface area contributed by atoms with Crippen LogP contribution in [0.25, 0.3) is 22.4 Å². The van der Waals surface area contributed by atoms with E-state index < -0.39 is 59.1 Å². The Labute approximate surface area is 219 Å². The van der Waals surface area contributed by atoms with E-state index in [1.165, 1.54) is 22.8 Å². The number of hydrogen-bond acceptors (Lipinski definition) is 3. The molecule has 6 nitrogen and oxygen atoms in total. The number of hydrogen-bond donors (Lipinski definition) is 2. The molecule has 14 heteroatoms. The second kappa shape index (κ2) is 10.6. The molecule has 1 heterocycles. The Hall–Kier alpha value is -4.49. The maximum absolute atomic E-state index is 14.0. The van der Waals surface area contributed by atoms with Crippen LogP contribution in [0.3, 0.4) is 0 Å². The second-order valence-electron chi connectivity index (χ2n) is 8.70. The first kappa shape index (κ1) is 28.5. The highest BCUT2D eigenvalue weighted by Gasteiger charge is 2.37. The smallest absolute Gasteiger partial charge is 0.416 e. The number of rotatable bonds is 7. The Balaban J connectivity index is 1.86. The van der Waals surface area contributed by atoms with Crippen LogP contribution in [0.15, 0.2) is 54.6 Å². The predicted octanol–water partition coefficient (Wildman–Crippen LogP) is 6.27. The van der Waals surface area contributed by atoms with E-state index in [2.05, 4.69) is 10.3 Å². The Morgan fingerprint density at radius 1 is 0.850 bits per heavy atom. The van der Waals surface area contributed by atoms with Crippen LogP contribution in [0, 0.1) is 11.6 Å². The summed E-state index contributed by atoms with van der Waals surface area (Å²) in [6.45, 7) is -0.799. The first-order chi connectivity index (χ1) is 18.6. The van der Waals surface area contributed by atoms with Crippen LogP contribution in [-0.2, 0) is 23.7 Å². The first-order valence-corrected chi connectivity index (χ1v) is 11.4. The van der Waals surface area contributed by atoms with Crippen LogP contribution in [0.4, 0.5) is 35.1 Å². The Bertz CT molecular complexity index is 1560.